The number of carbonyl (C=O) groups excluding carboxylic acids is 2. The number of aromatic nitrogens is 2. The number of hydrogen-bond acceptors (Lipinski definition) is 6. The first kappa shape index (κ1) is 19.0. The zero-order chi connectivity index (χ0) is 21.5. The fourth-order valence-electron chi connectivity index (χ4n) is 3.80. The maximum Gasteiger partial charge on any atom is 0.271 e. The largest absolute Gasteiger partial charge is 0.482 e. The van der Waals surface area contributed by atoms with Gasteiger partial charge in [-0.2, -0.15) is 5.10 Å². The lowest BCUT2D eigenvalue weighted by Crippen LogP contribution is -2.25. The molecule has 0 bridgehead atoms. The predicted molar refractivity (Wildman–Crippen MR) is 115 cm³/mol. The van der Waals surface area contributed by atoms with E-state index in [1.54, 1.807) is 47.9 Å². The lowest BCUT2D eigenvalue weighted by atomic mass is 10.1. The third-order valence-electron chi connectivity index (χ3n) is 5.43. The molecule has 0 spiro atoms. The molecule has 31 heavy (non-hydrogen) atoms. The second-order valence-electron chi connectivity index (χ2n) is 7.51. The molecule has 0 aliphatic carbocycles. The van der Waals surface area contributed by atoms with Gasteiger partial charge in [-0.3, -0.25) is 19.0 Å². The van der Waals surface area contributed by atoms with Gasteiger partial charge in [0.1, 0.15) is 11.6 Å². The molecule has 2 aliphatic heterocycles. The van der Waals surface area contributed by atoms with E-state index in [0.717, 1.165) is 24.2 Å². The van der Waals surface area contributed by atoms with Crippen molar-refractivity contribution < 1.29 is 14.3 Å². The molecule has 1 aromatic heterocycles. The van der Waals surface area contributed by atoms with Crippen molar-refractivity contribution in [1.29, 1.82) is 0 Å². The Morgan fingerprint density at radius 3 is 2.90 bits per heavy atom. The minimum Gasteiger partial charge on any atom is -0.482 e. The molecule has 0 fully saturated rings. The van der Waals surface area contributed by atoms with E-state index in [0.29, 0.717) is 40.2 Å². The number of ether oxygens (including phenoxy) is 1. The van der Waals surface area contributed by atoms with E-state index >= 15 is 0 Å². The first-order valence-electron chi connectivity index (χ1n) is 9.95. The van der Waals surface area contributed by atoms with Crippen molar-refractivity contribution in [2.45, 2.75) is 26.3 Å². The fraction of sp³-hybridized carbons (Fsp3) is 0.227. The van der Waals surface area contributed by atoms with Gasteiger partial charge in [-0.1, -0.05) is 0 Å². The normalized spacial score (nSPS) is 15.1. The van der Waals surface area contributed by atoms with Crippen LogP contribution in [-0.2, 0) is 17.8 Å². The van der Waals surface area contributed by atoms with Crippen LogP contribution >= 0.6 is 0 Å². The summed E-state index contributed by atoms with van der Waals surface area (Å²) in [4.78, 5) is 41.2. The molecule has 2 aromatic carbocycles. The van der Waals surface area contributed by atoms with E-state index < -0.39 is 5.91 Å². The molecule has 156 valence electrons. The molecule has 0 atom stereocenters. The van der Waals surface area contributed by atoms with E-state index in [1.807, 2.05) is 0 Å². The van der Waals surface area contributed by atoms with E-state index in [9.17, 15) is 14.4 Å². The number of benzene rings is 2. The number of nitrogens with one attached hydrogen (secondary N) is 2. The number of hydrogen-bond donors (Lipinski definition) is 2. The Kier molecular flexibility index (Phi) is 4.50. The zero-order valence-corrected chi connectivity index (χ0v) is 16.8. The number of hydrazone groups is 1. The summed E-state index contributed by atoms with van der Waals surface area (Å²) in [7, 11) is 0. The molecule has 2 amide bonds. The van der Waals surface area contributed by atoms with Gasteiger partial charge in [-0.25, -0.2) is 10.4 Å². The summed E-state index contributed by atoms with van der Waals surface area (Å²) in [6.45, 7) is 2.43. The minimum atomic E-state index is -0.404. The Bertz CT molecular complexity index is 1340. The highest BCUT2D eigenvalue weighted by Gasteiger charge is 2.18. The number of aryl methyl sites for hydroxylation is 1. The van der Waals surface area contributed by atoms with Crippen LogP contribution in [-0.4, -0.2) is 33.7 Å². The Hall–Kier alpha value is -4.01. The molecule has 2 N–H and O–H groups in total. The molecule has 0 unspecified atom stereocenters. The van der Waals surface area contributed by atoms with E-state index in [-0.39, 0.29) is 18.1 Å². The first-order valence-corrected chi connectivity index (χ1v) is 9.95. The van der Waals surface area contributed by atoms with Crippen molar-refractivity contribution in [2.75, 3.05) is 11.9 Å². The zero-order valence-electron chi connectivity index (χ0n) is 16.8. The number of amides is 2. The van der Waals surface area contributed by atoms with Crippen molar-refractivity contribution in [3.63, 3.8) is 0 Å². The van der Waals surface area contributed by atoms with Gasteiger partial charge >= 0.3 is 0 Å². The van der Waals surface area contributed by atoms with Crippen LogP contribution in [0.2, 0.25) is 0 Å². The summed E-state index contributed by atoms with van der Waals surface area (Å²) in [5.41, 5.74) is 5.20. The minimum absolute atomic E-state index is 0.00851. The van der Waals surface area contributed by atoms with Crippen molar-refractivity contribution in [3.8, 4) is 5.75 Å². The van der Waals surface area contributed by atoms with Crippen LogP contribution in [0, 0.1) is 0 Å². The van der Waals surface area contributed by atoms with Gasteiger partial charge in [0.25, 0.3) is 17.4 Å². The van der Waals surface area contributed by atoms with Crippen molar-refractivity contribution >= 4 is 34.1 Å². The molecular formula is C22H19N5O4. The van der Waals surface area contributed by atoms with Gasteiger partial charge in [-0.05, 0) is 55.3 Å². The summed E-state index contributed by atoms with van der Waals surface area (Å²) in [5.74, 6) is 0.722. The highest BCUT2D eigenvalue weighted by atomic mass is 16.5. The van der Waals surface area contributed by atoms with Gasteiger partial charge in [0.05, 0.1) is 22.3 Å². The first-order chi connectivity index (χ1) is 15.0. The van der Waals surface area contributed by atoms with Gasteiger partial charge in [0.2, 0.25) is 0 Å². The number of fused-ring (bicyclic) bond motifs is 3. The van der Waals surface area contributed by atoms with Crippen LogP contribution in [0.3, 0.4) is 0 Å². The number of anilines is 1. The Balaban J connectivity index is 1.37. The summed E-state index contributed by atoms with van der Waals surface area (Å²) in [6, 6.07) is 10.1. The van der Waals surface area contributed by atoms with Crippen molar-refractivity contribution in [1.82, 2.24) is 15.0 Å². The predicted octanol–water partition coefficient (Wildman–Crippen LogP) is 1.83. The lowest BCUT2D eigenvalue weighted by Gasteiger charge is -2.18. The quantitative estimate of drug-likeness (QED) is 0.498. The molecule has 0 saturated carbocycles. The third kappa shape index (κ3) is 3.43. The van der Waals surface area contributed by atoms with E-state index in [4.69, 9.17) is 4.74 Å². The van der Waals surface area contributed by atoms with E-state index in [2.05, 4.69) is 20.8 Å². The van der Waals surface area contributed by atoms with E-state index in [1.165, 1.54) is 0 Å². The van der Waals surface area contributed by atoms with Crippen LogP contribution < -0.4 is 21.0 Å². The molecule has 9 nitrogen and oxygen atoms in total. The van der Waals surface area contributed by atoms with Gasteiger partial charge in [0, 0.05) is 18.5 Å². The SMILES string of the molecule is C/C(=N/NC(=O)c1ccc2c(=O)n3c(nc2c1)CCC3)c1ccc2c(c1)NC(=O)CO2. The number of nitrogens with zero attached hydrogens (tertiary/aromatic N) is 3. The van der Waals surface area contributed by atoms with Crippen LogP contribution in [0.5, 0.6) is 5.75 Å². The van der Waals surface area contributed by atoms with Crippen molar-refractivity contribution in [3.05, 3.63) is 63.7 Å². The second-order valence-corrected chi connectivity index (χ2v) is 7.51. The molecule has 3 heterocycles. The van der Waals surface area contributed by atoms with Crippen LogP contribution in [0.4, 0.5) is 5.69 Å². The summed E-state index contributed by atoms with van der Waals surface area (Å²) < 4.78 is 7.04. The molecule has 0 saturated heterocycles. The Morgan fingerprint density at radius 1 is 1.19 bits per heavy atom. The monoisotopic (exact) mass is 417 g/mol. The Labute approximate surface area is 176 Å². The highest BCUT2D eigenvalue weighted by molar-refractivity contribution is 6.03. The number of rotatable bonds is 3. The smallest absolute Gasteiger partial charge is 0.271 e. The van der Waals surface area contributed by atoms with Gasteiger partial charge < -0.3 is 10.1 Å². The van der Waals surface area contributed by atoms with Crippen LogP contribution in [0.25, 0.3) is 10.9 Å². The van der Waals surface area contributed by atoms with Gasteiger partial charge in [-0.15, -0.1) is 0 Å². The third-order valence-corrected chi connectivity index (χ3v) is 5.43. The summed E-state index contributed by atoms with van der Waals surface area (Å²) >= 11 is 0. The topological polar surface area (TPSA) is 115 Å². The standard InChI is InChI=1S/C22H19N5O4/c1-12(13-5-7-18-17(9-13)24-20(28)11-31-18)25-26-21(29)14-4-6-15-16(10-14)23-19-3-2-8-27(19)22(15)30/h4-7,9-10H,2-3,8,11H2,1H3,(H,24,28)(H,26,29)/b25-12-. The molecule has 9 heteroatoms. The fourth-order valence-corrected chi connectivity index (χ4v) is 3.80. The van der Waals surface area contributed by atoms with Crippen molar-refractivity contribution in [2.24, 2.45) is 5.10 Å². The summed E-state index contributed by atoms with van der Waals surface area (Å²) in [5, 5.41) is 7.42. The summed E-state index contributed by atoms with van der Waals surface area (Å²) in [6.07, 6.45) is 1.66. The molecule has 2 aliphatic rings. The average molecular weight is 417 g/mol. The number of carbonyl (C=O) groups is 2. The van der Waals surface area contributed by atoms with Crippen LogP contribution in [0.15, 0.2) is 46.3 Å². The van der Waals surface area contributed by atoms with Crippen LogP contribution in [0.1, 0.15) is 35.1 Å². The van der Waals surface area contributed by atoms with Gasteiger partial charge in [0.15, 0.2) is 6.61 Å². The molecule has 5 rings (SSSR count). The maximum atomic E-state index is 12.6. The molecule has 0 radical (unpaired) electrons. The highest BCUT2D eigenvalue weighted by Crippen LogP contribution is 2.28. The Morgan fingerprint density at radius 2 is 2.03 bits per heavy atom. The molecule has 3 aromatic rings. The maximum absolute atomic E-state index is 12.6. The molecular weight excluding hydrogens is 398 g/mol. The second kappa shape index (κ2) is 7.35. The average Bonchev–Trinajstić information content (AvgIpc) is 3.25. The lowest BCUT2D eigenvalue weighted by molar-refractivity contribution is -0.118.